The molecule has 2 rings (SSSR count). The lowest BCUT2D eigenvalue weighted by molar-refractivity contribution is -0.140. The molecule has 1 aromatic carbocycles. The molecule has 0 radical (unpaired) electrons. The minimum Gasteiger partial charge on any atom is -0.497 e. The van der Waals surface area contributed by atoms with Crippen LogP contribution < -0.4 is 9.47 Å². The predicted molar refractivity (Wildman–Crippen MR) is 73.2 cm³/mol. The Hall–Kier alpha value is -2.57. The van der Waals surface area contributed by atoms with E-state index in [-0.39, 0.29) is 12.4 Å². The molecule has 7 nitrogen and oxygen atoms in total. The maximum Gasteiger partial charge on any atom is 0.306 e. The summed E-state index contributed by atoms with van der Waals surface area (Å²) in [5.41, 5.74) is 0.708. The molecule has 0 N–H and O–H groups in total. The highest BCUT2D eigenvalue weighted by molar-refractivity contribution is 5.69. The van der Waals surface area contributed by atoms with Gasteiger partial charge in [0.15, 0.2) is 0 Å². The second-order valence-electron chi connectivity index (χ2n) is 4.19. The summed E-state index contributed by atoms with van der Waals surface area (Å²) >= 11 is 0. The predicted octanol–water partition coefficient (Wildman–Crippen LogP) is 1.86. The lowest BCUT2D eigenvalue weighted by atomic mass is 10.2. The van der Waals surface area contributed by atoms with Crippen LogP contribution in [0.15, 0.2) is 22.7 Å². The van der Waals surface area contributed by atoms with E-state index >= 15 is 0 Å². The quantitative estimate of drug-likeness (QED) is 0.751. The molecular formula is C14H16N2O5. The molecule has 0 spiro atoms. The van der Waals surface area contributed by atoms with Crippen molar-refractivity contribution in [2.75, 3.05) is 21.3 Å². The lowest BCUT2D eigenvalue weighted by Gasteiger charge is -2.05. The highest BCUT2D eigenvalue weighted by Gasteiger charge is 2.12. The second-order valence-corrected chi connectivity index (χ2v) is 4.19. The molecule has 0 unspecified atom stereocenters. The fraction of sp³-hybridized carbons (Fsp3) is 0.357. The van der Waals surface area contributed by atoms with Crippen molar-refractivity contribution in [2.45, 2.75) is 12.8 Å². The fourth-order valence-electron chi connectivity index (χ4n) is 1.72. The summed E-state index contributed by atoms with van der Waals surface area (Å²) < 4.78 is 20.1. The summed E-state index contributed by atoms with van der Waals surface area (Å²) in [5.74, 6) is 1.72. The zero-order chi connectivity index (χ0) is 15.2. The van der Waals surface area contributed by atoms with E-state index in [9.17, 15) is 4.79 Å². The van der Waals surface area contributed by atoms with E-state index in [4.69, 9.17) is 14.0 Å². The summed E-state index contributed by atoms with van der Waals surface area (Å²) in [5, 5.41) is 3.89. The van der Waals surface area contributed by atoms with Gasteiger partial charge in [0.2, 0.25) is 11.7 Å². The van der Waals surface area contributed by atoms with E-state index in [0.29, 0.717) is 35.2 Å². The van der Waals surface area contributed by atoms with Crippen LogP contribution in [0.1, 0.15) is 12.3 Å². The largest absolute Gasteiger partial charge is 0.497 e. The molecular weight excluding hydrogens is 276 g/mol. The van der Waals surface area contributed by atoms with Crippen LogP contribution in [0.3, 0.4) is 0 Å². The Balaban J connectivity index is 2.18. The van der Waals surface area contributed by atoms with Gasteiger partial charge in [0.05, 0.1) is 27.8 Å². The molecule has 1 aromatic heterocycles. The van der Waals surface area contributed by atoms with Crippen molar-refractivity contribution < 1.29 is 23.5 Å². The zero-order valence-electron chi connectivity index (χ0n) is 12.1. The number of esters is 1. The zero-order valence-corrected chi connectivity index (χ0v) is 12.1. The van der Waals surface area contributed by atoms with Crippen molar-refractivity contribution in [3.05, 3.63) is 24.1 Å². The number of hydrogen-bond acceptors (Lipinski definition) is 7. The van der Waals surface area contributed by atoms with Gasteiger partial charge in [-0.25, -0.2) is 0 Å². The minimum absolute atomic E-state index is 0.194. The summed E-state index contributed by atoms with van der Waals surface area (Å²) in [6, 6.07) is 5.30. The average Bonchev–Trinajstić information content (AvgIpc) is 3.00. The van der Waals surface area contributed by atoms with Gasteiger partial charge in [-0.3, -0.25) is 4.79 Å². The summed E-state index contributed by atoms with van der Waals surface area (Å²) in [4.78, 5) is 15.3. The third kappa shape index (κ3) is 3.71. The molecule has 21 heavy (non-hydrogen) atoms. The first-order chi connectivity index (χ1) is 10.2. The van der Waals surface area contributed by atoms with Gasteiger partial charge in [-0.15, -0.1) is 0 Å². The smallest absolute Gasteiger partial charge is 0.306 e. The number of aromatic nitrogens is 2. The molecule has 0 atom stereocenters. The monoisotopic (exact) mass is 292 g/mol. The van der Waals surface area contributed by atoms with E-state index in [0.717, 1.165) is 0 Å². The van der Waals surface area contributed by atoms with Gasteiger partial charge < -0.3 is 18.7 Å². The van der Waals surface area contributed by atoms with Crippen molar-refractivity contribution in [1.82, 2.24) is 10.1 Å². The van der Waals surface area contributed by atoms with Gasteiger partial charge in [-0.05, 0) is 12.1 Å². The number of methoxy groups -OCH3 is 3. The summed E-state index contributed by atoms with van der Waals surface area (Å²) in [7, 11) is 4.47. The Bertz CT molecular complexity index is 601. The minimum atomic E-state index is -0.321. The normalized spacial score (nSPS) is 10.2. The molecule has 2 aromatic rings. The van der Waals surface area contributed by atoms with Gasteiger partial charge in [0, 0.05) is 18.1 Å². The number of ether oxygens (including phenoxy) is 3. The number of benzene rings is 1. The molecule has 0 aliphatic rings. The van der Waals surface area contributed by atoms with E-state index in [1.54, 1.807) is 32.4 Å². The van der Waals surface area contributed by atoms with Crippen molar-refractivity contribution in [2.24, 2.45) is 0 Å². The van der Waals surface area contributed by atoms with Crippen molar-refractivity contribution in [1.29, 1.82) is 0 Å². The molecule has 1 heterocycles. The SMILES string of the molecule is COC(=O)CCc1nc(-c2cc(OC)cc(OC)c2)no1. The van der Waals surface area contributed by atoms with Crippen LogP contribution >= 0.6 is 0 Å². The van der Waals surface area contributed by atoms with Crippen LogP contribution in [0.25, 0.3) is 11.4 Å². The van der Waals surface area contributed by atoms with E-state index < -0.39 is 0 Å². The van der Waals surface area contributed by atoms with Crippen LogP contribution in [0, 0.1) is 0 Å². The van der Waals surface area contributed by atoms with Crippen LogP contribution in [-0.4, -0.2) is 37.4 Å². The lowest BCUT2D eigenvalue weighted by Crippen LogP contribution is -2.01. The van der Waals surface area contributed by atoms with Crippen molar-refractivity contribution >= 4 is 5.97 Å². The highest BCUT2D eigenvalue weighted by Crippen LogP contribution is 2.28. The van der Waals surface area contributed by atoms with Crippen LogP contribution in [0.2, 0.25) is 0 Å². The molecule has 0 saturated heterocycles. The molecule has 0 saturated carbocycles. The third-order valence-electron chi connectivity index (χ3n) is 2.85. The number of aryl methyl sites for hydroxylation is 1. The molecule has 0 aliphatic heterocycles. The van der Waals surface area contributed by atoms with Gasteiger partial charge in [-0.1, -0.05) is 5.16 Å². The van der Waals surface area contributed by atoms with Crippen LogP contribution in [0.5, 0.6) is 11.5 Å². The second kappa shape index (κ2) is 6.74. The summed E-state index contributed by atoms with van der Waals surface area (Å²) in [6.45, 7) is 0. The maximum atomic E-state index is 11.1. The van der Waals surface area contributed by atoms with Crippen molar-refractivity contribution in [3.63, 3.8) is 0 Å². The number of carbonyl (C=O) groups is 1. The van der Waals surface area contributed by atoms with E-state index in [1.807, 2.05) is 0 Å². The molecule has 112 valence electrons. The molecule has 0 fully saturated rings. The van der Waals surface area contributed by atoms with Crippen LogP contribution in [0.4, 0.5) is 0 Å². The first-order valence-electron chi connectivity index (χ1n) is 6.29. The molecule has 0 aliphatic carbocycles. The van der Waals surface area contributed by atoms with Gasteiger partial charge >= 0.3 is 5.97 Å². The third-order valence-corrected chi connectivity index (χ3v) is 2.85. The van der Waals surface area contributed by atoms with Gasteiger partial charge in [0.1, 0.15) is 11.5 Å². The molecule has 0 bridgehead atoms. The Morgan fingerprint density at radius 2 is 1.81 bits per heavy atom. The Morgan fingerprint density at radius 1 is 1.14 bits per heavy atom. The van der Waals surface area contributed by atoms with Crippen molar-refractivity contribution in [3.8, 4) is 22.9 Å². The Kier molecular flexibility index (Phi) is 4.76. The van der Waals surface area contributed by atoms with Gasteiger partial charge in [-0.2, -0.15) is 4.98 Å². The fourth-order valence-corrected chi connectivity index (χ4v) is 1.72. The first kappa shape index (κ1) is 14.8. The van der Waals surface area contributed by atoms with Crippen LogP contribution in [-0.2, 0) is 16.0 Å². The average molecular weight is 292 g/mol. The van der Waals surface area contributed by atoms with E-state index in [2.05, 4.69) is 14.9 Å². The molecule has 7 heteroatoms. The van der Waals surface area contributed by atoms with E-state index in [1.165, 1.54) is 7.11 Å². The Morgan fingerprint density at radius 3 is 2.38 bits per heavy atom. The number of hydrogen-bond donors (Lipinski definition) is 0. The topological polar surface area (TPSA) is 83.7 Å². The number of nitrogens with zero attached hydrogens (tertiary/aromatic N) is 2. The maximum absolute atomic E-state index is 11.1. The number of rotatable bonds is 6. The Labute approximate surface area is 121 Å². The number of carbonyl (C=O) groups excluding carboxylic acids is 1. The first-order valence-corrected chi connectivity index (χ1v) is 6.29. The van der Waals surface area contributed by atoms with Gasteiger partial charge in [0.25, 0.3) is 0 Å². The highest BCUT2D eigenvalue weighted by atomic mass is 16.5. The standard InChI is InChI=1S/C14H16N2O5/c1-18-10-6-9(7-11(8-10)19-2)14-15-12(21-16-14)4-5-13(17)20-3/h6-8H,4-5H2,1-3H3. The summed E-state index contributed by atoms with van der Waals surface area (Å²) in [6.07, 6.45) is 0.528. The molecule has 0 amide bonds.